The molecule has 0 aromatic heterocycles. The zero-order chi connectivity index (χ0) is 12.9. The molecule has 0 unspecified atom stereocenters. The second-order valence-electron chi connectivity index (χ2n) is 4.59. The van der Waals surface area contributed by atoms with Crippen molar-refractivity contribution in [1.29, 1.82) is 0 Å². The highest BCUT2D eigenvalue weighted by Gasteiger charge is 2.28. The molecule has 1 fully saturated rings. The van der Waals surface area contributed by atoms with Crippen molar-refractivity contribution in [2.75, 3.05) is 33.0 Å². The standard InChI is InChI=1S/C11H24N2O3S/c1-4-13(17(3,14)15)7-5-6-12-10-8-11(9-10)16-2/h10-12H,4-9H2,1-3H3. The van der Waals surface area contributed by atoms with E-state index in [1.165, 1.54) is 10.6 Å². The zero-order valence-electron chi connectivity index (χ0n) is 11.0. The van der Waals surface area contributed by atoms with Gasteiger partial charge in [0.25, 0.3) is 0 Å². The number of hydrogen-bond donors (Lipinski definition) is 1. The lowest BCUT2D eigenvalue weighted by Crippen LogP contribution is -2.45. The fourth-order valence-corrected chi connectivity index (χ4v) is 2.97. The van der Waals surface area contributed by atoms with Crippen molar-refractivity contribution in [3.8, 4) is 0 Å². The number of hydrogen-bond acceptors (Lipinski definition) is 4. The molecule has 102 valence electrons. The summed E-state index contributed by atoms with van der Waals surface area (Å²) in [5.74, 6) is 0. The van der Waals surface area contributed by atoms with Crippen LogP contribution >= 0.6 is 0 Å². The van der Waals surface area contributed by atoms with Crippen LogP contribution in [0.25, 0.3) is 0 Å². The van der Waals surface area contributed by atoms with Gasteiger partial charge in [-0.05, 0) is 25.8 Å². The van der Waals surface area contributed by atoms with Gasteiger partial charge in [0, 0.05) is 26.2 Å². The average Bonchev–Trinajstić information content (AvgIpc) is 2.18. The Hall–Kier alpha value is -0.170. The van der Waals surface area contributed by atoms with Crippen LogP contribution in [0, 0.1) is 0 Å². The maximum atomic E-state index is 11.3. The monoisotopic (exact) mass is 264 g/mol. The highest BCUT2D eigenvalue weighted by atomic mass is 32.2. The van der Waals surface area contributed by atoms with E-state index >= 15 is 0 Å². The van der Waals surface area contributed by atoms with Crippen molar-refractivity contribution in [3.63, 3.8) is 0 Å². The largest absolute Gasteiger partial charge is 0.381 e. The fraction of sp³-hybridized carbons (Fsp3) is 1.00. The number of nitrogens with zero attached hydrogens (tertiary/aromatic N) is 1. The van der Waals surface area contributed by atoms with Gasteiger partial charge in [0.2, 0.25) is 10.0 Å². The molecular weight excluding hydrogens is 240 g/mol. The maximum absolute atomic E-state index is 11.3. The molecule has 1 aliphatic rings. The van der Waals surface area contributed by atoms with E-state index in [2.05, 4.69) is 5.32 Å². The molecule has 0 radical (unpaired) electrons. The molecule has 6 heteroatoms. The van der Waals surface area contributed by atoms with Crippen molar-refractivity contribution in [2.24, 2.45) is 0 Å². The number of ether oxygens (including phenoxy) is 1. The minimum Gasteiger partial charge on any atom is -0.381 e. The Balaban J connectivity index is 2.08. The minimum absolute atomic E-state index is 0.413. The van der Waals surface area contributed by atoms with Gasteiger partial charge >= 0.3 is 0 Å². The number of sulfonamides is 1. The molecule has 0 spiro atoms. The number of methoxy groups -OCH3 is 1. The first-order valence-electron chi connectivity index (χ1n) is 6.18. The lowest BCUT2D eigenvalue weighted by atomic mass is 9.89. The quantitative estimate of drug-likeness (QED) is 0.646. The predicted octanol–water partition coefficient (Wildman–Crippen LogP) is 0.425. The number of rotatable bonds is 8. The van der Waals surface area contributed by atoms with Gasteiger partial charge in [0.05, 0.1) is 12.4 Å². The third-order valence-corrected chi connectivity index (χ3v) is 4.65. The van der Waals surface area contributed by atoms with Crippen molar-refractivity contribution in [1.82, 2.24) is 9.62 Å². The van der Waals surface area contributed by atoms with Crippen LogP contribution in [-0.2, 0) is 14.8 Å². The number of nitrogens with one attached hydrogen (secondary N) is 1. The molecule has 5 nitrogen and oxygen atoms in total. The van der Waals surface area contributed by atoms with E-state index in [0.29, 0.717) is 25.2 Å². The molecule has 17 heavy (non-hydrogen) atoms. The smallest absolute Gasteiger partial charge is 0.211 e. The molecule has 1 saturated carbocycles. The summed E-state index contributed by atoms with van der Waals surface area (Å²) in [7, 11) is -1.29. The predicted molar refractivity (Wildman–Crippen MR) is 68.5 cm³/mol. The van der Waals surface area contributed by atoms with Crippen LogP contribution in [0.5, 0.6) is 0 Å². The fourth-order valence-electron chi connectivity index (χ4n) is 2.04. The van der Waals surface area contributed by atoms with Gasteiger partial charge in [0.15, 0.2) is 0 Å². The van der Waals surface area contributed by atoms with E-state index in [9.17, 15) is 8.42 Å². The molecule has 0 atom stereocenters. The lowest BCUT2D eigenvalue weighted by molar-refractivity contribution is 0.0175. The van der Waals surface area contributed by atoms with Gasteiger partial charge in [-0.15, -0.1) is 0 Å². The van der Waals surface area contributed by atoms with Gasteiger partial charge in [-0.3, -0.25) is 0 Å². The zero-order valence-corrected chi connectivity index (χ0v) is 11.8. The van der Waals surface area contributed by atoms with Crippen molar-refractivity contribution < 1.29 is 13.2 Å². The van der Waals surface area contributed by atoms with Gasteiger partial charge in [-0.25, -0.2) is 12.7 Å². The Bertz CT molecular complexity index is 313. The first-order valence-corrected chi connectivity index (χ1v) is 8.03. The topological polar surface area (TPSA) is 58.6 Å². The summed E-state index contributed by atoms with van der Waals surface area (Å²) in [6, 6.07) is 0.549. The molecule has 0 bridgehead atoms. The Morgan fingerprint density at radius 2 is 2.06 bits per heavy atom. The van der Waals surface area contributed by atoms with Crippen LogP contribution < -0.4 is 5.32 Å². The first kappa shape index (κ1) is 14.9. The van der Waals surface area contributed by atoms with Crippen molar-refractivity contribution in [2.45, 2.75) is 38.3 Å². The Kier molecular flexibility index (Phi) is 5.85. The normalized spacial score (nSPS) is 24.9. The highest BCUT2D eigenvalue weighted by Crippen LogP contribution is 2.22. The van der Waals surface area contributed by atoms with Gasteiger partial charge < -0.3 is 10.1 Å². The molecule has 0 aromatic carbocycles. The Morgan fingerprint density at radius 3 is 2.53 bits per heavy atom. The summed E-state index contributed by atoms with van der Waals surface area (Å²) >= 11 is 0. The summed E-state index contributed by atoms with van der Waals surface area (Å²) < 4.78 is 29.4. The maximum Gasteiger partial charge on any atom is 0.211 e. The minimum atomic E-state index is -3.03. The Morgan fingerprint density at radius 1 is 1.41 bits per heavy atom. The third-order valence-electron chi connectivity index (χ3n) is 3.27. The van der Waals surface area contributed by atoms with Crippen molar-refractivity contribution >= 4 is 10.0 Å². The van der Waals surface area contributed by atoms with E-state index in [-0.39, 0.29) is 0 Å². The third kappa shape index (κ3) is 4.91. The van der Waals surface area contributed by atoms with Crippen LogP contribution in [0.2, 0.25) is 0 Å². The van der Waals surface area contributed by atoms with E-state index in [1.54, 1.807) is 7.11 Å². The molecular formula is C11H24N2O3S. The van der Waals surface area contributed by atoms with E-state index in [1.807, 2.05) is 6.92 Å². The van der Waals surface area contributed by atoms with E-state index in [0.717, 1.165) is 25.8 Å². The van der Waals surface area contributed by atoms with Gasteiger partial charge in [-0.2, -0.15) is 0 Å². The Labute approximate surface area is 105 Å². The summed E-state index contributed by atoms with van der Waals surface area (Å²) in [5.41, 5.74) is 0. The van der Waals surface area contributed by atoms with E-state index < -0.39 is 10.0 Å². The van der Waals surface area contributed by atoms with Crippen molar-refractivity contribution in [3.05, 3.63) is 0 Å². The summed E-state index contributed by atoms with van der Waals surface area (Å²) in [4.78, 5) is 0. The van der Waals surface area contributed by atoms with Gasteiger partial charge in [0.1, 0.15) is 0 Å². The second-order valence-corrected chi connectivity index (χ2v) is 6.57. The second kappa shape index (κ2) is 6.68. The molecule has 0 saturated heterocycles. The van der Waals surface area contributed by atoms with Crippen LogP contribution in [0.15, 0.2) is 0 Å². The highest BCUT2D eigenvalue weighted by molar-refractivity contribution is 7.88. The molecule has 1 rings (SSSR count). The summed E-state index contributed by atoms with van der Waals surface area (Å²) in [6.45, 7) is 3.88. The molecule has 0 heterocycles. The lowest BCUT2D eigenvalue weighted by Gasteiger charge is -2.35. The van der Waals surface area contributed by atoms with E-state index in [4.69, 9.17) is 4.74 Å². The molecule has 0 aliphatic heterocycles. The molecule has 1 N–H and O–H groups in total. The summed E-state index contributed by atoms with van der Waals surface area (Å²) in [6.07, 6.45) is 4.67. The van der Waals surface area contributed by atoms with Crippen LogP contribution in [0.3, 0.4) is 0 Å². The summed E-state index contributed by atoms with van der Waals surface area (Å²) in [5, 5.41) is 3.41. The van der Waals surface area contributed by atoms with Crippen LogP contribution in [0.1, 0.15) is 26.2 Å². The molecule has 1 aliphatic carbocycles. The van der Waals surface area contributed by atoms with Crippen LogP contribution in [0.4, 0.5) is 0 Å². The molecule has 0 amide bonds. The van der Waals surface area contributed by atoms with Crippen LogP contribution in [-0.4, -0.2) is 57.9 Å². The average molecular weight is 264 g/mol. The molecule has 0 aromatic rings. The SMILES string of the molecule is CCN(CCCNC1CC(OC)C1)S(C)(=O)=O. The first-order chi connectivity index (χ1) is 7.97. The van der Waals surface area contributed by atoms with Gasteiger partial charge in [-0.1, -0.05) is 6.92 Å².